The Morgan fingerprint density at radius 1 is 0.900 bits per heavy atom. The number of benzene rings is 3. The van der Waals surface area contributed by atoms with Gasteiger partial charge in [-0.1, -0.05) is 53.5 Å². The van der Waals surface area contributed by atoms with Crippen LogP contribution in [0, 0.1) is 0 Å². The Morgan fingerprint density at radius 2 is 1.50 bits per heavy atom. The summed E-state index contributed by atoms with van der Waals surface area (Å²) >= 11 is 17.2. The van der Waals surface area contributed by atoms with Crippen molar-refractivity contribution in [1.82, 2.24) is 5.32 Å². The van der Waals surface area contributed by atoms with Crippen LogP contribution in [0.15, 0.2) is 77.7 Å². The predicted octanol–water partition coefficient (Wildman–Crippen LogP) is 5.84. The summed E-state index contributed by atoms with van der Waals surface area (Å²) in [6.45, 7) is 2.01. The largest absolute Gasteiger partial charge is 0.356 e. The molecule has 3 N–H and O–H groups in total. The lowest BCUT2D eigenvalue weighted by Gasteiger charge is -2.17. The standard InChI is InChI=1S/C21H19Cl2N3O2S2/c1-14(15-5-3-2-4-6-15)24-21(29)25-18-7-9-20(10-8-18)30(27,28)26-19-12-16(22)11-17(23)13-19/h2-14,26H,1H3,(H2,24,25,29). The summed E-state index contributed by atoms with van der Waals surface area (Å²) in [6, 6.07) is 20.7. The van der Waals surface area contributed by atoms with Crippen LogP contribution >= 0.6 is 35.4 Å². The van der Waals surface area contributed by atoms with Crippen molar-refractivity contribution in [2.75, 3.05) is 10.0 Å². The molecule has 0 heterocycles. The van der Waals surface area contributed by atoms with Gasteiger partial charge in [0.05, 0.1) is 16.6 Å². The lowest BCUT2D eigenvalue weighted by Crippen LogP contribution is -2.30. The fraction of sp³-hybridized carbons (Fsp3) is 0.0952. The van der Waals surface area contributed by atoms with Crippen LogP contribution in [-0.2, 0) is 10.0 Å². The number of hydrogen-bond donors (Lipinski definition) is 3. The molecule has 1 unspecified atom stereocenters. The molecule has 0 aliphatic heterocycles. The molecule has 30 heavy (non-hydrogen) atoms. The second-order valence-corrected chi connectivity index (χ2v) is 9.48. The molecule has 0 aliphatic rings. The molecular weight excluding hydrogens is 461 g/mol. The Bertz CT molecular complexity index is 1120. The van der Waals surface area contributed by atoms with E-state index in [4.69, 9.17) is 35.4 Å². The number of rotatable bonds is 6. The van der Waals surface area contributed by atoms with Crippen LogP contribution < -0.4 is 15.4 Å². The van der Waals surface area contributed by atoms with Gasteiger partial charge in [0.15, 0.2) is 5.11 Å². The maximum absolute atomic E-state index is 12.6. The van der Waals surface area contributed by atoms with E-state index in [0.29, 0.717) is 20.8 Å². The lowest BCUT2D eigenvalue weighted by molar-refractivity contribution is 0.601. The first-order chi connectivity index (χ1) is 14.2. The van der Waals surface area contributed by atoms with E-state index in [9.17, 15) is 8.42 Å². The van der Waals surface area contributed by atoms with Crippen molar-refractivity contribution in [2.45, 2.75) is 17.9 Å². The number of nitrogens with one attached hydrogen (secondary N) is 3. The van der Waals surface area contributed by atoms with Crippen LogP contribution in [-0.4, -0.2) is 13.5 Å². The minimum atomic E-state index is -3.79. The highest BCUT2D eigenvalue weighted by molar-refractivity contribution is 7.92. The van der Waals surface area contributed by atoms with E-state index in [2.05, 4.69) is 15.4 Å². The molecule has 0 aliphatic carbocycles. The van der Waals surface area contributed by atoms with E-state index in [1.54, 1.807) is 12.1 Å². The van der Waals surface area contributed by atoms with E-state index in [-0.39, 0.29) is 16.6 Å². The van der Waals surface area contributed by atoms with Crippen LogP contribution in [0.4, 0.5) is 11.4 Å². The highest BCUT2D eigenvalue weighted by Crippen LogP contribution is 2.25. The monoisotopic (exact) mass is 479 g/mol. The van der Waals surface area contributed by atoms with Gasteiger partial charge in [-0.2, -0.15) is 0 Å². The van der Waals surface area contributed by atoms with Gasteiger partial charge in [-0.05, 0) is 67.2 Å². The molecule has 3 aromatic carbocycles. The van der Waals surface area contributed by atoms with Gasteiger partial charge in [0.2, 0.25) is 0 Å². The van der Waals surface area contributed by atoms with Crippen molar-refractivity contribution in [3.8, 4) is 0 Å². The van der Waals surface area contributed by atoms with Crippen molar-refractivity contribution in [1.29, 1.82) is 0 Å². The zero-order valence-electron chi connectivity index (χ0n) is 15.9. The molecule has 3 rings (SSSR count). The quantitative estimate of drug-likeness (QED) is 0.387. The molecule has 5 nitrogen and oxygen atoms in total. The zero-order chi connectivity index (χ0) is 21.7. The first-order valence-electron chi connectivity index (χ1n) is 8.94. The molecule has 0 aromatic heterocycles. The van der Waals surface area contributed by atoms with Crippen molar-refractivity contribution in [3.63, 3.8) is 0 Å². The normalized spacial score (nSPS) is 12.1. The molecule has 0 saturated heterocycles. The molecule has 0 saturated carbocycles. The molecule has 0 fully saturated rings. The SMILES string of the molecule is CC(NC(=S)Nc1ccc(S(=O)(=O)Nc2cc(Cl)cc(Cl)c2)cc1)c1ccccc1. The van der Waals surface area contributed by atoms with E-state index >= 15 is 0 Å². The van der Waals surface area contributed by atoms with Gasteiger partial charge in [-0.3, -0.25) is 4.72 Å². The molecule has 0 bridgehead atoms. The van der Waals surface area contributed by atoms with Crippen molar-refractivity contribution >= 4 is 61.9 Å². The van der Waals surface area contributed by atoms with Crippen LogP contribution in [0.2, 0.25) is 10.0 Å². The fourth-order valence-electron chi connectivity index (χ4n) is 2.73. The lowest BCUT2D eigenvalue weighted by atomic mass is 10.1. The second-order valence-electron chi connectivity index (χ2n) is 6.52. The Balaban J connectivity index is 1.64. The van der Waals surface area contributed by atoms with Crippen molar-refractivity contribution < 1.29 is 8.42 Å². The van der Waals surface area contributed by atoms with Gasteiger partial charge >= 0.3 is 0 Å². The third-order valence-electron chi connectivity index (χ3n) is 4.18. The minimum Gasteiger partial charge on any atom is -0.356 e. The molecule has 1 atom stereocenters. The summed E-state index contributed by atoms with van der Waals surface area (Å²) < 4.78 is 27.7. The first-order valence-corrected chi connectivity index (χ1v) is 11.6. The number of hydrogen-bond acceptors (Lipinski definition) is 3. The second kappa shape index (κ2) is 9.66. The molecule has 156 valence electrons. The maximum atomic E-state index is 12.6. The smallest absolute Gasteiger partial charge is 0.261 e. The molecule has 0 amide bonds. The predicted molar refractivity (Wildman–Crippen MR) is 128 cm³/mol. The van der Waals surface area contributed by atoms with Crippen LogP contribution in [0.25, 0.3) is 0 Å². The maximum Gasteiger partial charge on any atom is 0.261 e. The van der Waals surface area contributed by atoms with E-state index in [0.717, 1.165) is 5.56 Å². The summed E-state index contributed by atoms with van der Waals surface area (Å²) in [5, 5.41) is 7.37. The molecule has 3 aromatic rings. The summed E-state index contributed by atoms with van der Waals surface area (Å²) in [5.74, 6) is 0. The van der Waals surface area contributed by atoms with E-state index < -0.39 is 10.0 Å². The summed E-state index contributed by atoms with van der Waals surface area (Å²) in [6.07, 6.45) is 0. The highest BCUT2D eigenvalue weighted by atomic mass is 35.5. The molecular formula is C21H19Cl2N3O2S2. The molecule has 0 radical (unpaired) electrons. The Morgan fingerprint density at radius 3 is 2.10 bits per heavy atom. The highest BCUT2D eigenvalue weighted by Gasteiger charge is 2.15. The Kier molecular flexibility index (Phi) is 7.20. The van der Waals surface area contributed by atoms with Crippen LogP contribution in [0.5, 0.6) is 0 Å². The third kappa shape index (κ3) is 6.09. The van der Waals surface area contributed by atoms with Gasteiger partial charge in [-0.25, -0.2) is 8.42 Å². The Hall–Kier alpha value is -2.32. The number of thiocarbonyl (C=S) groups is 1. The van der Waals surface area contributed by atoms with Gasteiger partial charge in [0, 0.05) is 15.7 Å². The molecule has 0 spiro atoms. The van der Waals surface area contributed by atoms with Crippen molar-refractivity contribution in [2.24, 2.45) is 0 Å². The van der Waals surface area contributed by atoms with Gasteiger partial charge in [0.1, 0.15) is 0 Å². The van der Waals surface area contributed by atoms with Crippen molar-refractivity contribution in [3.05, 3.63) is 88.4 Å². The topological polar surface area (TPSA) is 70.2 Å². The average molecular weight is 480 g/mol. The number of halogens is 2. The van der Waals surface area contributed by atoms with Crippen LogP contribution in [0.1, 0.15) is 18.5 Å². The summed E-state index contributed by atoms with van der Waals surface area (Å²) in [7, 11) is -3.79. The van der Waals surface area contributed by atoms with E-state index in [1.807, 2.05) is 37.3 Å². The summed E-state index contributed by atoms with van der Waals surface area (Å²) in [5.41, 5.74) is 2.06. The fourth-order valence-corrected chi connectivity index (χ4v) is 4.59. The Labute approximate surface area is 191 Å². The molecule has 9 heteroatoms. The van der Waals surface area contributed by atoms with E-state index in [1.165, 1.54) is 30.3 Å². The zero-order valence-corrected chi connectivity index (χ0v) is 19.0. The van der Waals surface area contributed by atoms with Gasteiger partial charge in [0.25, 0.3) is 10.0 Å². The van der Waals surface area contributed by atoms with Gasteiger partial charge in [-0.15, -0.1) is 0 Å². The average Bonchev–Trinajstić information content (AvgIpc) is 2.67. The van der Waals surface area contributed by atoms with Gasteiger partial charge < -0.3 is 10.6 Å². The number of sulfonamides is 1. The summed E-state index contributed by atoms with van der Waals surface area (Å²) in [4.78, 5) is 0.0979. The van der Waals surface area contributed by atoms with Crippen LogP contribution in [0.3, 0.4) is 0 Å². The third-order valence-corrected chi connectivity index (χ3v) is 6.24. The minimum absolute atomic E-state index is 0.0274. The number of anilines is 2. The first kappa shape index (κ1) is 22.4.